The van der Waals surface area contributed by atoms with Crippen molar-refractivity contribution >= 4 is 35.2 Å². The molecule has 0 fully saturated rings. The summed E-state index contributed by atoms with van der Waals surface area (Å²) in [5, 5.41) is 1.57. The highest BCUT2D eigenvalue weighted by Gasteiger charge is 2.35. The number of hydrogen-bond donors (Lipinski definition) is 0. The first-order valence-electron chi connectivity index (χ1n) is 7.27. The van der Waals surface area contributed by atoms with Crippen LogP contribution in [0.4, 0.5) is 15.3 Å². The molecule has 0 aliphatic rings. The lowest BCUT2D eigenvalue weighted by molar-refractivity contribution is 0.0431. The number of esters is 1. The Hall–Kier alpha value is -2.09. The zero-order chi connectivity index (χ0) is 18.7. The molecule has 0 atom stereocenters. The molecule has 0 radical (unpaired) electrons. The Bertz CT molecular complexity index is 595. The second kappa shape index (κ2) is 7.21. The van der Waals surface area contributed by atoms with Gasteiger partial charge < -0.3 is 14.2 Å². The Labute approximate surface area is 145 Å². The van der Waals surface area contributed by atoms with Crippen LogP contribution in [0.15, 0.2) is 11.4 Å². The van der Waals surface area contributed by atoms with E-state index in [2.05, 4.69) is 4.74 Å². The SMILES string of the molecule is COC(=O)c1sccc1N(C(=O)OC(C)(C)C)C(=O)OC(C)(C)C. The molecule has 134 valence electrons. The van der Waals surface area contributed by atoms with Crippen molar-refractivity contribution in [3.63, 3.8) is 0 Å². The topological polar surface area (TPSA) is 82.1 Å². The van der Waals surface area contributed by atoms with E-state index in [0.29, 0.717) is 4.90 Å². The molecule has 0 bridgehead atoms. The van der Waals surface area contributed by atoms with Crippen molar-refractivity contribution in [1.29, 1.82) is 0 Å². The van der Waals surface area contributed by atoms with Crippen molar-refractivity contribution in [3.8, 4) is 0 Å². The minimum absolute atomic E-state index is 0.0651. The van der Waals surface area contributed by atoms with Gasteiger partial charge in [0.05, 0.1) is 12.8 Å². The van der Waals surface area contributed by atoms with Gasteiger partial charge in [-0.1, -0.05) is 0 Å². The molecule has 1 aromatic heterocycles. The van der Waals surface area contributed by atoms with Gasteiger partial charge in [0.1, 0.15) is 16.1 Å². The van der Waals surface area contributed by atoms with Gasteiger partial charge in [0.2, 0.25) is 0 Å². The van der Waals surface area contributed by atoms with Gasteiger partial charge in [0, 0.05) is 0 Å². The maximum atomic E-state index is 12.5. The van der Waals surface area contributed by atoms with E-state index in [4.69, 9.17) is 9.47 Å². The van der Waals surface area contributed by atoms with Gasteiger partial charge in [-0.2, -0.15) is 4.90 Å². The average molecular weight is 357 g/mol. The van der Waals surface area contributed by atoms with E-state index in [0.717, 1.165) is 11.3 Å². The highest BCUT2D eigenvalue weighted by atomic mass is 32.1. The fourth-order valence-electron chi connectivity index (χ4n) is 1.61. The van der Waals surface area contributed by atoms with Gasteiger partial charge in [0.25, 0.3) is 0 Å². The van der Waals surface area contributed by atoms with Gasteiger partial charge in [-0.15, -0.1) is 11.3 Å². The molecule has 1 rings (SSSR count). The summed E-state index contributed by atoms with van der Waals surface area (Å²) >= 11 is 1.05. The molecular formula is C16H23NO6S. The molecule has 8 heteroatoms. The maximum Gasteiger partial charge on any atom is 0.424 e. The number of carbonyl (C=O) groups is 3. The number of ether oxygens (including phenoxy) is 3. The minimum atomic E-state index is -0.930. The Morgan fingerprint density at radius 2 is 1.42 bits per heavy atom. The number of methoxy groups -OCH3 is 1. The quantitative estimate of drug-likeness (QED) is 0.582. The van der Waals surface area contributed by atoms with Crippen molar-refractivity contribution in [2.45, 2.75) is 52.7 Å². The molecule has 0 saturated carbocycles. The lowest BCUT2D eigenvalue weighted by Gasteiger charge is -2.28. The molecule has 2 amide bonds. The number of nitrogens with zero attached hydrogens (tertiary/aromatic N) is 1. The standard InChI is InChI=1S/C16H23NO6S/c1-15(2,3)22-13(19)17(14(20)23-16(4,5)6)10-8-9-24-11(10)12(18)21-7/h8-9H,1-7H3. The van der Waals surface area contributed by atoms with Gasteiger partial charge in [0.15, 0.2) is 0 Å². The van der Waals surface area contributed by atoms with Crippen molar-refractivity contribution in [3.05, 3.63) is 16.3 Å². The third-order valence-electron chi connectivity index (χ3n) is 2.41. The summed E-state index contributed by atoms with van der Waals surface area (Å²) in [7, 11) is 1.22. The van der Waals surface area contributed by atoms with E-state index in [-0.39, 0.29) is 10.6 Å². The largest absolute Gasteiger partial charge is 0.465 e. The smallest absolute Gasteiger partial charge is 0.424 e. The summed E-state index contributed by atoms with van der Waals surface area (Å²) in [6.07, 6.45) is -1.86. The normalized spacial score (nSPS) is 11.6. The van der Waals surface area contributed by atoms with Crippen LogP contribution in [0.1, 0.15) is 51.2 Å². The first-order chi connectivity index (χ1) is 10.9. The molecule has 24 heavy (non-hydrogen) atoms. The van der Waals surface area contributed by atoms with Crippen molar-refractivity contribution < 1.29 is 28.6 Å². The van der Waals surface area contributed by atoms with Crippen LogP contribution < -0.4 is 4.90 Å². The molecule has 0 aliphatic carbocycles. The number of thiophene rings is 1. The average Bonchev–Trinajstić information content (AvgIpc) is 2.82. The van der Waals surface area contributed by atoms with Crippen LogP contribution in [0.25, 0.3) is 0 Å². The molecule has 7 nitrogen and oxygen atoms in total. The van der Waals surface area contributed by atoms with Crippen molar-refractivity contribution in [2.75, 3.05) is 12.0 Å². The number of anilines is 1. The van der Waals surface area contributed by atoms with Gasteiger partial charge in [-0.05, 0) is 53.0 Å². The number of hydrogen-bond acceptors (Lipinski definition) is 7. The second-order valence-electron chi connectivity index (χ2n) is 6.92. The van der Waals surface area contributed by atoms with E-state index in [9.17, 15) is 14.4 Å². The molecule has 1 aromatic rings. The van der Waals surface area contributed by atoms with Gasteiger partial charge in [-0.3, -0.25) is 0 Å². The first-order valence-corrected chi connectivity index (χ1v) is 8.15. The van der Waals surface area contributed by atoms with Gasteiger partial charge >= 0.3 is 18.2 Å². The summed E-state index contributed by atoms with van der Waals surface area (Å²) in [5.74, 6) is -0.655. The van der Waals surface area contributed by atoms with Crippen LogP contribution in [0.2, 0.25) is 0 Å². The van der Waals surface area contributed by atoms with Crippen molar-refractivity contribution in [2.24, 2.45) is 0 Å². The highest BCUT2D eigenvalue weighted by molar-refractivity contribution is 7.12. The lowest BCUT2D eigenvalue weighted by atomic mass is 10.2. The molecule has 1 heterocycles. The zero-order valence-electron chi connectivity index (χ0n) is 15.0. The molecule has 0 saturated heterocycles. The van der Waals surface area contributed by atoms with E-state index in [1.54, 1.807) is 46.9 Å². The summed E-state index contributed by atoms with van der Waals surface area (Å²) in [6.45, 7) is 10.0. The van der Waals surface area contributed by atoms with Crippen LogP contribution in [0.5, 0.6) is 0 Å². The Kier molecular flexibility index (Phi) is 5.99. The number of carbonyl (C=O) groups excluding carboxylic acids is 3. The molecule has 0 N–H and O–H groups in total. The van der Waals surface area contributed by atoms with E-state index in [1.807, 2.05) is 0 Å². The Balaban J connectivity index is 3.29. The third-order valence-corrected chi connectivity index (χ3v) is 3.29. The Morgan fingerprint density at radius 1 is 0.958 bits per heavy atom. The summed E-state index contributed by atoms with van der Waals surface area (Å²) in [6, 6.07) is 1.46. The van der Waals surface area contributed by atoms with Crippen LogP contribution in [-0.4, -0.2) is 36.5 Å². The summed E-state index contributed by atoms with van der Waals surface area (Å²) in [5.41, 5.74) is -1.58. The molecule has 0 aliphatic heterocycles. The number of amides is 2. The van der Waals surface area contributed by atoms with Crippen LogP contribution in [-0.2, 0) is 14.2 Å². The van der Waals surface area contributed by atoms with Crippen LogP contribution in [0.3, 0.4) is 0 Å². The molecule has 0 aromatic carbocycles. The van der Waals surface area contributed by atoms with E-state index in [1.165, 1.54) is 13.2 Å². The zero-order valence-corrected chi connectivity index (χ0v) is 15.8. The summed E-state index contributed by atoms with van der Waals surface area (Å²) < 4.78 is 15.2. The minimum Gasteiger partial charge on any atom is -0.465 e. The van der Waals surface area contributed by atoms with E-state index >= 15 is 0 Å². The van der Waals surface area contributed by atoms with E-state index < -0.39 is 29.4 Å². The number of imide groups is 1. The van der Waals surface area contributed by atoms with Crippen molar-refractivity contribution in [1.82, 2.24) is 0 Å². The lowest BCUT2D eigenvalue weighted by Crippen LogP contribution is -2.44. The van der Waals surface area contributed by atoms with Gasteiger partial charge in [-0.25, -0.2) is 14.4 Å². The van der Waals surface area contributed by atoms with Crippen LogP contribution >= 0.6 is 11.3 Å². The predicted molar refractivity (Wildman–Crippen MR) is 90.6 cm³/mol. The first kappa shape index (κ1) is 20.0. The fraction of sp³-hybridized carbons (Fsp3) is 0.562. The maximum absolute atomic E-state index is 12.5. The summed E-state index contributed by atoms with van der Waals surface area (Å²) in [4.78, 5) is 37.7. The number of rotatable bonds is 2. The third kappa shape index (κ3) is 5.52. The highest BCUT2D eigenvalue weighted by Crippen LogP contribution is 2.30. The second-order valence-corrected chi connectivity index (χ2v) is 7.84. The predicted octanol–water partition coefficient (Wildman–Crippen LogP) is 4.21. The molecule has 0 spiro atoms. The Morgan fingerprint density at radius 3 is 1.79 bits per heavy atom. The van der Waals surface area contributed by atoms with Crippen LogP contribution in [0, 0.1) is 0 Å². The monoisotopic (exact) mass is 357 g/mol. The fourth-order valence-corrected chi connectivity index (χ4v) is 2.40. The molecular weight excluding hydrogens is 334 g/mol. The molecule has 0 unspecified atom stereocenters.